The molecule has 138 valence electrons. The van der Waals surface area contributed by atoms with Crippen LogP contribution >= 0.6 is 0 Å². The van der Waals surface area contributed by atoms with Gasteiger partial charge in [0.05, 0.1) is 12.8 Å². The maximum atomic E-state index is 12.7. The Morgan fingerprint density at radius 1 is 0.963 bits per heavy atom. The van der Waals surface area contributed by atoms with Crippen LogP contribution in [0.4, 0.5) is 17.3 Å². The second kappa shape index (κ2) is 7.86. The molecular weight excluding hydrogens is 340 g/mol. The standard InChI is InChI=1S/C21H22N4O2/c1-13-9-10-16(14(2)11-13)23-20(26)18-12-15(3)22-21(25-18)24-17-7-5-6-8-19(17)27-4/h5-12H,1-4H3,(H,23,26)(H,22,24,25). The minimum atomic E-state index is -0.282. The first-order valence-electron chi connectivity index (χ1n) is 8.60. The number of aromatic nitrogens is 2. The van der Waals surface area contributed by atoms with Gasteiger partial charge in [-0.2, -0.15) is 0 Å². The predicted octanol–water partition coefficient (Wildman–Crippen LogP) is 4.41. The van der Waals surface area contributed by atoms with E-state index in [1.165, 1.54) is 0 Å². The smallest absolute Gasteiger partial charge is 0.274 e. The first-order chi connectivity index (χ1) is 13.0. The van der Waals surface area contributed by atoms with Crippen molar-refractivity contribution in [3.05, 3.63) is 71.0 Å². The first kappa shape index (κ1) is 18.4. The van der Waals surface area contributed by atoms with Crippen LogP contribution in [0.2, 0.25) is 0 Å². The van der Waals surface area contributed by atoms with E-state index < -0.39 is 0 Å². The lowest BCUT2D eigenvalue weighted by Gasteiger charge is -2.12. The summed E-state index contributed by atoms with van der Waals surface area (Å²) in [7, 11) is 1.60. The number of nitrogens with zero attached hydrogens (tertiary/aromatic N) is 2. The van der Waals surface area contributed by atoms with E-state index in [1.807, 2.05) is 63.2 Å². The lowest BCUT2D eigenvalue weighted by Crippen LogP contribution is -2.16. The van der Waals surface area contributed by atoms with Crippen molar-refractivity contribution in [1.29, 1.82) is 0 Å². The Kier molecular flexibility index (Phi) is 5.35. The number of ether oxygens (including phenoxy) is 1. The van der Waals surface area contributed by atoms with E-state index in [2.05, 4.69) is 20.6 Å². The van der Waals surface area contributed by atoms with Crippen molar-refractivity contribution in [2.75, 3.05) is 17.7 Å². The van der Waals surface area contributed by atoms with Gasteiger partial charge in [-0.05, 0) is 50.6 Å². The number of para-hydroxylation sites is 2. The summed E-state index contributed by atoms with van der Waals surface area (Å²) in [6.45, 7) is 5.80. The molecule has 0 bridgehead atoms. The summed E-state index contributed by atoms with van der Waals surface area (Å²) in [5.74, 6) is 0.727. The summed E-state index contributed by atoms with van der Waals surface area (Å²) >= 11 is 0. The third kappa shape index (κ3) is 4.41. The van der Waals surface area contributed by atoms with Gasteiger partial charge in [0.2, 0.25) is 5.95 Å². The number of anilines is 3. The molecule has 27 heavy (non-hydrogen) atoms. The number of hydrogen-bond acceptors (Lipinski definition) is 5. The summed E-state index contributed by atoms with van der Waals surface area (Å²) in [5.41, 5.74) is 4.62. The van der Waals surface area contributed by atoms with Crippen molar-refractivity contribution in [3.63, 3.8) is 0 Å². The molecule has 1 heterocycles. The molecule has 0 fully saturated rings. The lowest BCUT2D eigenvalue weighted by molar-refractivity contribution is 0.102. The quantitative estimate of drug-likeness (QED) is 0.703. The first-order valence-corrected chi connectivity index (χ1v) is 8.60. The fourth-order valence-corrected chi connectivity index (χ4v) is 2.75. The molecule has 0 saturated heterocycles. The molecule has 0 spiro atoms. The van der Waals surface area contributed by atoms with Crippen molar-refractivity contribution in [2.24, 2.45) is 0 Å². The third-order valence-corrected chi connectivity index (χ3v) is 4.07. The number of methoxy groups -OCH3 is 1. The number of carbonyl (C=O) groups is 1. The van der Waals surface area contributed by atoms with E-state index in [0.29, 0.717) is 23.1 Å². The summed E-state index contributed by atoms with van der Waals surface area (Å²) in [6.07, 6.45) is 0. The molecule has 0 aliphatic carbocycles. The van der Waals surface area contributed by atoms with Gasteiger partial charge in [0, 0.05) is 11.4 Å². The van der Waals surface area contributed by atoms with E-state index in [1.54, 1.807) is 13.2 Å². The summed E-state index contributed by atoms with van der Waals surface area (Å²) in [6, 6.07) is 15.0. The van der Waals surface area contributed by atoms with E-state index in [0.717, 1.165) is 22.5 Å². The van der Waals surface area contributed by atoms with Crippen LogP contribution in [0.5, 0.6) is 5.75 Å². The third-order valence-electron chi connectivity index (χ3n) is 4.07. The molecular formula is C21H22N4O2. The molecule has 0 radical (unpaired) electrons. The molecule has 3 aromatic rings. The Balaban J connectivity index is 1.85. The number of hydrogen-bond donors (Lipinski definition) is 2. The molecule has 2 aromatic carbocycles. The SMILES string of the molecule is COc1ccccc1Nc1nc(C)cc(C(=O)Nc2ccc(C)cc2C)n1. The number of rotatable bonds is 5. The predicted molar refractivity (Wildman–Crippen MR) is 107 cm³/mol. The molecule has 2 N–H and O–H groups in total. The fourth-order valence-electron chi connectivity index (χ4n) is 2.75. The van der Waals surface area contributed by atoms with Gasteiger partial charge in [0.15, 0.2) is 0 Å². The molecule has 0 aliphatic rings. The van der Waals surface area contributed by atoms with Gasteiger partial charge < -0.3 is 15.4 Å². The highest BCUT2D eigenvalue weighted by Crippen LogP contribution is 2.26. The van der Waals surface area contributed by atoms with E-state index in [4.69, 9.17) is 4.74 Å². The van der Waals surface area contributed by atoms with E-state index in [-0.39, 0.29) is 5.91 Å². The maximum Gasteiger partial charge on any atom is 0.274 e. The number of carbonyl (C=O) groups excluding carboxylic acids is 1. The molecule has 6 nitrogen and oxygen atoms in total. The topological polar surface area (TPSA) is 76.1 Å². The van der Waals surface area contributed by atoms with Gasteiger partial charge in [-0.25, -0.2) is 9.97 Å². The minimum absolute atomic E-state index is 0.282. The molecule has 0 unspecified atom stereocenters. The van der Waals surface area contributed by atoms with Crippen LogP contribution in [0.15, 0.2) is 48.5 Å². The fraction of sp³-hybridized carbons (Fsp3) is 0.190. The van der Waals surface area contributed by atoms with Crippen LogP contribution in [0.1, 0.15) is 27.3 Å². The van der Waals surface area contributed by atoms with E-state index in [9.17, 15) is 4.79 Å². The normalized spacial score (nSPS) is 10.4. The summed E-state index contributed by atoms with van der Waals surface area (Å²) in [4.78, 5) is 21.4. The van der Waals surface area contributed by atoms with Gasteiger partial charge >= 0.3 is 0 Å². The van der Waals surface area contributed by atoms with Crippen molar-refractivity contribution in [1.82, 2.24) is 9.97 Å². The van der Waals surface area contributed by atoms with Gasteiger partial charge in [-0.15, -0.1) is 0 Å². The second-order valence-electron chi connectivity index (χ2n) is 6.32. The van der Waals surface area contributed by atoms with Crippen molar-refractivity contribution < 1.29 is 9.53 Å². The molecule has 1 aromatic heterocycles. The highest BCUT2D eigenvalue weighted by molar-refractivity contribution is 6.03. The molecule has 0 aliphatic heterocycles. The van der Waals surface area contributed by atoms with Crippen LogP contribution in [0.3, 0.4) is 0 Å². The Morgan fingerprint density at radius 2 is 1.74 bits per heavy atom. The minimum Gasteiger partial charge on any atom is -0.495 e. The molecule has 3 rings (SSSR count). The van der Waals surface area contributed by atoms with Crippen molar-refractivity contribution >= 4 is 23.2 Å². The van der Waals surface area contributed by atoms with Gasteiger partial charge in [-0.1, -0.05) is 29.8 Å². The largest absolute Gasteiger partial charge is 0.495 e. The van der Waals surface area contributed by atoms with Gasteiger partial charge in [0.1, 0.15) is 11.4 Å². The van der Waals surface area contributed by atoms with Crippen LogP contribution < -0.4 is 15.4 Å². The summed E-state index contributed by atoms with van der Waals surface area (Å²) in [5, 5.41) is 6.03. The van der Waals surface area contributed by atoms with Crippen LogP contribution in [-0.4, -0.2) is 23.0 Å². The van der Waals surface area contributed by atoms with Gasteiger partial charge in [-0.3, -0.25) is 4.79 Å². The summed E-state index contributed by atoms with van der Waals surface area (Å²) < 4.78 is 5.33. The number of amides is 1. The van der Waals surface area contributed by atoms with Gasteiger partial charge in [0.25, 0.3) is 5.91 Å². The van der Waals surface area contributed by atoms with Crippen molar-refractivity contribution in [2.45, 2.75) is 20.8 Å². The molecule has 6 heteroatoms. The number of nitrogens with one attached hydrogen (secondary N) is 2. The lowest BCUT2D eigenvalue weighted by atomic mass is 10.1. The average molecular weight is 362 g/mol. The zero-order chi connectivity index (χ0) is 19.4. The maximum absolute atomic E-state index is 12.7. The molecule has 0 saturated carbocycles. The zero-order valence-electron chi connectivity index (χ0n) is 15.8. The van der Waals surface area contributed by atoms with Crippen LogP contribution in [0, 0.1) is 20.8 Å². The second-order valence-corrected chi connectivity index (χ2v) is 6.32. The highest BCUT2D eigenvalue weighted by atomic mass is 16.5. The molecule has 1 amide bonds. The number of aryl methyl sites for hydroxylation is 3. The monoisotopic (exact) mass is 362 g/mol. The number of benzene rings is 2. The molecule has 0 atom stereocenters. The Morgan fingerprint density at radius 3 is 2.48 bits per heavy atom. The highest BCUT2D eigenvalue weighted by Gasteiger charge is 2.13. The van der Waals surface area contributed by atoms with E-state index >= 15 is 0 Å². The van der Waals surface area contributed by atoms with Crippen LogP contribution in [-0.2, 0) is 0 Å². The zero-order valence-corrected chi connectivity index (χ0v) is 15.8. The average Bonchev–Trinajstić information content (AvgIpc) is 2.64. The Hall–Kier alpha value is -3.41. The van der Waals surface area contributed by atoms with Crippen LogP contribution in [0.25, 0.3) is 0 Å². The Bertz CT molecular complexity index is 986. The Labute approximate surface area is 158 Å². The van der Waals surface area contributed by atoms with Crippen molar-refractivity contribution in [3.8, 4) is 5.75 Å².